The van der Waals surface area contributed by atoms with Crippen LogP contribution in [0.4, 0.5) is 10.1 Å². The van der Waals surface area contributed by atoms with Crippen molar-refractivity contribution >= 4 is 34.7 Å². The number of ketones is 1. The average molecular weight is 438 g/mol. The van der Waals surface area contributed by atoms with E-state index in [0.29, 0.717) is 16.3 Å². The predicted octanol–water partition coefficient (Wildman–Crippen LogP) is 5.11. The molecule has 1 unspecified atom stereocenters. The van der Waals surface area contributed by atoms with Gasteiger partial charge in [0.2, 0.25) is 0 Å². The van der Waals surface area contributed by atoms with Crippen LogP contribution < -0.4 is 9.64 Å². The normalized spacial score (nSPS) is 17.8. The number of rotatable bonds is 4. The highest BCUT2D eigenvalue weighted by Crippen LogP contribution is 2.43. The first kappa shape index (κ1) is 20.6. The molecular weight excluding hydrogens is 421 g/mol. The van der Waals surface area contributed by atoms with Crippen LogP contribution in [-0.2, 0) is 9.59 Å². The number of amides is 1. The van der Waals surface area contributed by atoms with Crippen LogP contribution >= 0.6 is 11.6 Å². The molecule has 156 valence electrons. The molecule has 0 radical (unpaired) electrons. The molecule has 31 heavy (non-hydrogen) atoms. The molecule has 1 heterocycles. The fraction of sp³-hybridized carbons (Fsp3) is 0.0833. The van der Waals surface area contributed by atoms with Crippen LogP contribution in [0.1, 0.15) is 17.2 Å². The average Bonchev–Trinajstić information content (AvgIpc) is 3.05. The van der Waals surface area contributed by atoms with Gasteiger partial charge in [-0.2, -0.15) is 0 Å². The van der Waals surface area contributed by atoms with Crippen molar-refractivity contribution in [3.05, 3.63) is 100 Å². The van der Waals surface area contributed by atoms with E-state index in [1.165, 1.54) is 24.1 Å². The minimum atomic E-state index is -0.921. The van der Waals surface area contributed by atoms with Gasteiger partial charge in [-0.1, -0.05) is 41.9 Å². The maximum Gasteiger partial charge on any atom is 0.300 e. The largest absolute Gasteiger partial charge is 0.507 e. The number of Topliss-reactive ketones (excluding diaryl/α,β-unsaturated/α-hetero) is 1. The summed E-state index contributed by atoms with van der Waals surface area (Å²) in [6.45, 7) is 0. The summed E-state index contributed by atoms with van der Waals surface area (Å²) in [6, 6.07) is 17.9. The lowest BCUT2D eigenvalue weighted by Gasteiger charge is -2.25. The molecule has 1 aliphatic rings. The number of hydrogen-bond donors (Lipinski definition) is 1. The van der Waals surface area contributed by atoms with Crippen molar-refractivity contribution in [2.24, 2.45) is 0 Å². The van der Waals surface area contributed by atoms with Crippen LogP contribution in [0.15, 0.2) is 78.4 Å². The summed E-state index contributed by atoms with van der Waals surface area (Å²) >= 11 is 5.98. The second kappa shape index (κ2) is 8.24. The van der Waals surface area contributed by atoms with Crippen molar-refractivity contribution in [1.82, 2.24) is 0 Å². The summed E-state index contributed by atoms with van der Waals surface area (Å²) in [4.78, 5) is 27.4. The van der Waals surface area contributed by atoms with Crippen LogP contribution in [0.5, 0.6) is 5.75 Å². The predicted molar refractivity (Wildman–Crippen MR) is 116 cm³/mol. The molecule has 5 nitrogen and oxygen atoms in total. The number of aliphatic hydroxyl groups excluding tert-OH is 1. The van der Waals surface area contributed by atoms with E-state index in [1.54, 1.807) is 54.6 Å². The Morgan fingerprint density at radius 1 is 1.03 bits per heavy atom. The molecule has 3 aromatic carbocycles. The monoisotopic (exact) mass is 437 g/mol. The molecule has 0 saturated carbocycles. The Hall–Kier alpha value is -3.64. The van der Waals surface area contributed by atoms with E-state index in [0.717, 1.165) is 6.07 Å². The lowest BCUT2D eigenvalue weighted by molar-refractivity contribution is -0.132. The number of hydrogen-bond acceptors (Lipinski definition) is 4. The van der Waals surface area contributed by atoms with Crippen molar-refractivity contribution in [3.8, 4) is 5.75 Å². The molecule has 1 amide bonds. The Labute approximate surface area is 182 Å². The van der Waals surface area contributed by atoms with Gasteiger partial charge in [0.1, 0.15) is 17.3 Å². The van der Waals surface area contributed by atoms with E-state index in [-0.39, 0.29) is 16.9 Å². The molecule has 1 atom stereocenters. The molecule has 0 spiro atoms. The Balaban J connectivity index is 1.97. The van der Waals surface area contributed by atoms with Gasteiger partial charge in [0.15, 0.2) is 0 Å². The zero-order chi connectivity index (χ0) is 22.1. The van der Waals surface area contributed by atoms with Gasteiger partial charge >= 0.3 is 0 Å². The smallest absolute Gasteiger partial charge is 0.300 e. The van der Waals surface area contributed by atoms with Gasteiger partial charge in [-0.3, -0.25) is 14.5 Å². The maximum atomic E-state index is 13.9. The number of carbonyl (C=O) groups excluding carboxylic acids is 2. The number of anilines is 1. The zero-order valence-corrected chi connectivity index (χ0v) is 17.1. The Morgan fingerprint density at radius 3 is 2.35 bits per heavy atom. The summed E-state index contributed by atoms with van der Waals surface area (Å²) < 4.78 is 19.2. The summed E-state index contributed by atoms with van der Waals surface area (Å²) in [5.74, 6) is -2.66. The van der Waals surface area contributed by atoms with Crippen LogP contribution in [0.2, 0.25) is 5.02 Å². The zero-order valence-electron chi connectivity index (χ0n) is 16.4. The fourth-order valence-corrected chi connectivity index (χ4v) is 3.79. The lowest BCUT2D eigenvalue weighted by Crippen LogP contribution is -2.29. The molecule has 7 heteroatoms. The minimum Gasteiger partial charge on any atom is -0.507 e. The molecule has 0 bridgehead atoms. The third-order valence-corrected chi connectivity index (χ3v) is 5.33. The standard InChI is InChI=1S/C24H17ClFNO4/c1-31-19-12-9-16(26)13-18(19)22(28)20-21(14-5-3-2-4-6-14)27(24(30)23(20)29)17-10-7-15(25)8-11-17/h2-13,21,28H,1H3/b22-20+. The quantitative estimate of drug-likeness (QED) is 0.350. The van der Waals surface area contributed by atoms with E-state index in [4.69, 9.17) is 16.3 Å². The first-order valence-electron chi connectivity index (χ1n) is 9.38. The minimum absolute atomic E-state index is 0.0162. The van der Waals surface area contributed by atoms with Crippen LogP contribution in [0.3, 0.4) is 0 Å². The Bertz CT molecular complexity index is 1190. The number of methoxy groups -OCH3 is 1. The first-order valence-corrected chi connectivity index (χ1v) is 9.75. The van der Waals surface area contributed by atoms with Crippen LogP contribution in [-0.4, -0.2) is 23.9 Å². The second-order valence-corrected chi connectivity index (χ2v) is 7.34. The highest BCUT2D eigenvalue weighted by molar-refractivity contribution is 6.51. The molecule has 1 saturated heterocycles. The van der Waals surface area contributed by atoms with E-state index in [1.807, 2.05) is 0 Å². The van der Waals surface area contributed by atoms with E-state index < -0.39 is 29.3 Å². The third-order valence-electron chi connectivity index (χ3n) is 5.08. The molecule has 3 aromatic rings. The van der Waals surface area contributed by atoms with Gasteiger partial charge in [-0.25, -0.2) is 4.39 Å². The summed E-state index contributed by atoms with van der Waals surface area (Å²) in [5, 5.41) is 11.6. The molecule has 0 aliphatic carbocycles. The Kier molecular flexibility index (Phi) is 5.48. The topological polar surface area (TPSA) is 66.8 Å². The number of benzene rings is 3. The lowest BCUT2D eigenvalue weighted by atomic mass is 9.95. The second-order valence-electron chi connectivity index (χ2n) is 6.90. The van der Waals surface area contributed by atoms with Gasteiger partial charge in [-0.05, 0) is 48.0 Å². The van der Waals surface area contributed by atoms with Crippen molar-refractivity contribution in [1.29, 1.82) is 0 Å². The number of aliphatic hydroxyl groups is 1. The highest BCUT2D eigenvalue weighted by Gasteiger charge is 2.47. The molecule has 1 N–H and O–H groups in total. The number of ether oxygens (including phenoxy) is 1. The molecule has 4 rings (SSSR count). The van der Waals surface area contributed by atoms with Gasteiger partial charge in [0.05, 0.1) is 24.3 Å². The molecule has 0 aromatic heterocycles. The highest BCUT2D eigenvalue weighted by atomic mass is 35.5. The molecule has 1 fully saturated rings. The van der Waals surface area contributed by atoms with Crippen molar-refractivity contribution in [2.45, 2.75) is 6.04 Å². The summed E-state index contributed by atoms with van der Waals surface area (Å²) in [5.41, 5.74) is 0.867. The maximum absolute atomic E-state index is 13.9. The van der Waals surface area contributed by atoms with Gasteiger partial charge in [0.25, 0.3) is 11.7 Å². The Morgan fingerprint density at radius 2 is 1.71 bits per heavy atom. The van der Waals surface area contributed by atoms with Gasteiger partial charge in [0, 0.05) is 10.7 Å². The fourth-order valence-electron chi connectivity index (χ4n) is 3.66. The van der Waals surface area contributed by atoms with Crippen molar-refractivity contribution < 1.29 is 23.8 Å². The summed E-state index contributed by atoms with van der Waals surface area (Å²) in [6.07, 6.45) is 0. The van der Waals surface area contributed by atoms with Gasteiger partial charge < -0.3 is 9.84 Å². The number of nitrogens with zero attached hydrogens (tertiary/aromatic N) is 1. The van der Waals surface area contributed by atoms with E-state index in [9.17, 15) is 19.1 Å². The van der Waals surface area contributed by atoms with Crippen molar-refractivity contribution in [2.75, 3.05) is 12.0 Å². The van der Waals surface area contributed by atoms with E-state index in [2.05, 4.69) is 0 Å². The summed E-state index contributed by atoms with van der Waals surface area (Å²) in [7, 11) is 1.37. The van der Waals surface area contributed by atoms with Crippen molar-refractivity contribution in [3.63, 3.8) is 0 Å². The van der Waals surface area contributed by atoms with E-state index >= 15 is 0 Å². The SMILES string of the molecule is COc1ccc(F)cc1/C(O)=C1\C(=O)C(=O)N(c2ccc(Cl)cc2)C1c1ccccc1. The number of halogens is 2. The number of carbonyl (C=O) groups is 2. The van der Waals surface area contributed by atoms with Crippen LogP contribution in [0, 0.1) is 5.82 Å². The first-order chi connectivity index (χ1) is 14.9. The molecule has 1 aliphatic heterocycles. The van der Waals surface area contributed by atoms with Gasteiger partial charge in [-0.15, -0.1) is 0 Å². The molecular formula is C24H17ClFNO4. The third kappa shape index (κ3) is 3.66. The van der Waals surface area contributed by atoms with Crippen LogP contribution in [0.25, 0.3) is 5.76 Å².